The fraction of sp³-hybridized carbons (Fsp3) is 0.667. The zero-order valence-corrected chi connectivity index (χ0v) is 10.8. The minimum Gasteiger partial charge on any atom is -0.467 e. The summed E-state index contributed by atoms with van der Waals surface area (Å²) >= 11 is 0. The van der Waals surface area contributed by atoms with Crippen LogP contribution in [0.5, 0.6) is 6.01 Å². The number of ether oxygens (including phenoxy) is 1. The molecule has 2 heterocycles. The second-order valence-electron chi connectivity index (χ2n) is 4.02. The van der Waals surface area contributed by atoms with Crippen molar-refractivity contribution < 1.29 is 13.2 Å². The molecule has 1 unspecified atom stereocenters. The lowest BCUT2D eigenvalue weighted by Crippen LogP contribution is -2.26. The third kappa shape index (κ3) is 2.78. The molecule has 100 valence electrons. The van der Waals surface area contributed by atoms with Crippen molar-refractivity contribution in [1.29, 1.82) is 0 Å². The molecule has 1 aromatic rings. The summed E-state index contributed by atoms with van der Waals surface area (Å²) in [5.74, 6) is 0.502. The minimum atomic E-state index is -2.98. The molecule has 0 aliphatic carbocycles. The Morgan fingerprint density at radius 3 is 2.83 bits per heavy atom. The standard InChI is InChI=1S/C9H15N5O3S/c1-17-9-13-7(10)12-8(14-9)11-5-6-3-2-4-18(6,15)16/h6H,2-5H2,1H3,(H3,10,11,12,13,14). The first kappa shape index (κ1) is 12.8. The van der Waals surface area contributed by atoms with E-state index in [-0.39, 0.29) is 35.5 Å². The molecule has 0 spiro atoms. The lowest BCUT2D eigenvalue weighted by atomic mass is 10.2. The second kappa shape index (κ2) is 4.92. The number of hydrogen-bond donors (Lipinski definition) is 2. The molecule has 3 N–H and O–H groups in total. The number of nitrogens with zero attached hydrogens (tertiary/aromatic N) is 3. The van der Waals surface area contributed by atoms with Crippen LogP contribution < -0.4 is 15.8 Å². The lowest BCUT2D eigenvalue weighted by Gasteiger charge is -2.11. The van der Waals surface area contributed by atoms with E-state index in [4.69, 9.17) is 10.5 Å². The van der Waals surface area contributed by atoms with Gasteiger partial charge in [0.25, 0.3) is 0 Å². The second-order valence-corrected chi connectivity index (χ2v) is 6.42. The van der Waals surface area contributed by atoms with Crippen molar-refractivity contribution in [1.82, 2.24) is 15.0 Å². The van der Waals surface area contributed by atoms with Crippen molar-refractivity contribution in [3.8, 4) is 6.01 Å². The fourth-order valence-electron chi connectivity index (χ4n) is 1.84. The summed E-state index contributed by atoms with van der Waals surface area (Å²) in [5.41, 5.74) is 5.47. The lowest BCUT2D eigenvalue weighted by molar-refractivity contribution is 0.379. The summed E-state index contributed by atoms with van der Waals surface area (Å²) in [6.07, 6.45) is 1.37. The van der Waals surface area contributed by atoms with Crippen LogP contribution in [0.25, 0.3) is 0 Å². The highest BCUT2D eigenvalue weighted by Crippen LogP contribution is 2.20. The highest BCUT2D eigenvalue weighted by atomic mass is 32.2. The van der Waals surface area contributed by atoms with Crippen LogP contribution in [0, 0.1) is 0 Å². The number of anilines is 2. The van der Waals surface area contributed by atoms with Gasteiger partial charge in [-0.15, -0.1) is 0 Å². The van der Waals surface area contributed by atoms with E-state index in [0.717, 1.165) is 0 Å². The predicted molar refractivity (Wildman–Crippen MR) is 66.1 cm³/mol. The van der Waals surface area contributed by atoms with Gasteiger partial charge in [0.05, 0.1) is 18.1 Å². The number of nitrogens with one attached hydrogen (secondary N) is 1. The molecule has 0 amide bonds. The molecule has 0 aromatic carbocycles. The average molecular weight is 273 g/mol. The average Bonchev–Trinajstić information content (AvgIpc) is 2.65. The third-order valence-corrected chi connectivity index (χ3v) is 5.04. The van der Waals surface area contributed by atoms with Crippen molar-refractivity contribution in [3.63, 3.8) is 0 Å². The largest absolute Gasteiger partial charge is 0.467 e. The molecular formula is C9H15N5O3S. The first-order valence-electron chi connectivity index (χ1n) is 5.52. The van der Waals surface area contributed by atoms with Crippen molar-refractivity contribution in [3.05, 3.63) is 0 Å². The number of hydrogen-bond acceptors (Lipinski definition) is 8. The highest BCUT2D eigenvalue weighted by molar-refractivity contribution is 7.92. The first-order valence-corrected chi connectivity index (χ1v) is 7.24. The van der Waals surface area contributed by atoms with Crippen LogP contribution in [0.3, 0.4) is 0 Å². The maximum absolute atomic E-state index is 11.6. The highest BCUT2D eigenvalue weighted by Gasteiger charge is 2.31. The monoisotopic (exact) mass is 273 g/mol. The topological polar surface area (TPSA) is 120 Å². The molecule has 18 heavy (non-hydrogen) atoms. The van der Waals surface area contributed by atoms with Crippen LogP contribution in [0.1, 0.15) is 12.8 Å². The van der Waals surface area contributed by atoms with Crippen LogP contribution in [-0.2, 0) is 9.84 Å². The van der Waals surface area contributed by atoms with Crippen LogP contribution in [0.2, 0.25) is 0 Å². The fourth-order valence-corrected chi connectivity index (χ4v) is 3.60. The van der Waals surface area contributed by atoms with E-state index in [1.807, 2.05) is 0 Å². The number of sulfone groups is 1. The van der Waals surface area contributed by atoms with Gasteiger partial charge in [-0.2, -0.15) is 15.0 Å². The van der Waals surface area contributed by atoms with Crippen molar-refractivity contribution >= 4 is 21.7 Å². The van der Waals surface area contributed by atoms with Crippen molar-refractivity contribution in [2.75, 3.05) is 30.5 Å². The summed E-state index contributed by atoms with van der Waals surface area (Å²) in [5, 5.41) is 2.47. The van der Waals surface area contributed by atoms with E-state index in [9.17, 15) is 8.42 Å². The van der Waals surface area contributed by atoms with Gasteiger partial charge in [-0.05, 0) is 12.8 Å². The Morgan fingerprint density at radius 1 is 1.44 bits per heavy atom. The Bertz CT molecular complexity index is 533. The molecule has 0 radical (unpaired) electrons. The quantitative estimate of drug-likeness (QED) is 0.749. The van der Waals surface area contributed by atoms with Gasteiger partial charge in [0.1, 0.15) is 0 Å². The van der Waals surface area contributed by atoms with Gasteiger partial charge < -0.3 is 15.8 Å². The van der Waals surface area contributed by atoms with Crippen LogP contribution in [-0.4, -0.2) is 48.0 Å². The molecule has 1 aliphatic rings. The number of nitrogen functional groups attached to an aromatic ring is 1. The zero-order valence-electron chi connectivity index (χ0n) is 9.96. The van der Waals surface area contributed by atoms with E-state index in [1.54, 1.807) is 0 Å². The summed E-state index contributed by atoms with van der Waals surface area (Å²) < 4.78 is 28.1. The molecule has 9 heteroatoms. The number of methoxy groups -OCH3 is 1. The number of aromatic nitrogens is 3. The van der Waals surface area contributed by atoms with E-state index >= 15 is 0 Å². The Balaban J connectivity index is 2.04. The Hall–Kier alpha value is -1.64. The van der Waals surface area contributed by atoms with Gasteiger partial charge >= 0.3 is 6.01 Å². The van der Waals surface area contributed by atoms with Crippen LogP contribution in [0.15, 0.2) is 0 Å². The molecule has 1 aliphatic heterocycles. The summed E-state index contributed by atoms with van der Waals surface area (Å²) in [6.45, 7) is 0.273. The Labute approximate surface area is 105 Å². The van der Waals surface area contributed by atoms with Gasteiger partial charge in [-0.3, -0.25) is 0 Å². The van der Waals surface area contributed by atoms with Gasteiger partial charge in [0.15, 0.2) is 9.84 Å². The molecular weight excluding hydrogens is 258 g/mol. The minimum absolute atomic E-state index is 0.0265. The molecule has 8 nitrogen and oxygen atoms in total. The molecule has 0 bridgehead atoms. The van der Waals surface area contributed by atoms with Crippen molar-refractivity contribution in [2.45, 2.75) is 18.1 Å². The number of nitrogens with two attached hydrogens (primary N) is 1. The van der Waals surface area contributed by atoms with E-state index in [2.05, 4.69) is 20.3 Å². The summed E-state index contributed by atoms with van der Waals surface area (Å²) in [7, 11) is -1.56. The molecule has 1 saturated heterocycles. The molecule has 0 saturated carbocycles. The normalized spacial score (nSPS) is 21.7. The van der Waals surface area contributed by atoms with E-state index < -0.39 is 9.84 Å². The summed E-state index contributed by atoms with van der Waals surface area (Å²) in [6, 6.07) is 0.0966. The molecule has 1 fully saturated rings. The van der Waals surface area contributed by atoms with Crippen LogP contribution >= 0.6 is 0 Å². The van der Waals surface area contributed by atoms with Gasteiger partial charge in [-0.25, -0.2) is 8.42 Å². The smallest absolute Gasteiger partial charge is 0.322 e. The Kier molecular flexibility index (Phi) is 3.50. The number of rotatable bonds is 4. The predicted octanol–water partition coefficient (Wildman–Crippen LogP) is -0.548. The van der Waals surface area contributed by atoms with Gasteiger partial charge in [0.2, 0.25) is 11.9 Å². The van der Waals surface area contributed by atoms with Gasteiger partial charge in [-0.1, -0.05) is 0 Å². The van der Waals surface area contributed by atoms with Crippen LogP contribution in [0.4, 0.5) is 11.9 Å². The maximum Gasteiger partial charge on any atom is 0.322 e. The van der Waals surface area contributed by atoms with Crippen molar-refractivity contribution in [2.24, 2.45) is 0 Å². The molecule has 1 atom stereocenters. The third-order valence-electron chi connectivity index (χ3n) is 2.77. The SMILES string of the molecule is COc1nc(N)nc(NCC2CCCS2(=O)=O)n1. The zero-order chi connectivity index (χ0) is 13.2. The van der Waals surface area contributed by atoms with Gasteiger partial charge in [0, 0.05) is 6.54 Å². The molecule has 1 aromatic heterocycles. The molecule has 2 rings (SSSR count). The van der Waals surface area contributed by atoms with E-state index in [0.29, 0.717) is 12.8 Å². The Morgan fingerprint density at radius 2 is 2.22 bits per heavy atom. The maximum atomic E-state index is 11.6. The first-order chi connectivity index (χ1) is 8.51. The summed E-state index contributed by atoms with van der Waals surface area (Å²) in [4.78, 5) is 11.5. The van der Waals surface area contributed by atoms with E-state index in [1.165, 1.54) is 7.11 Å².